The normalized spacial score (nSPS) is 18.8. The van der Waals surface area contributed by atoms with Gasteiger partial charge in [0.15, 0.2) is 0 Å². The fourth-order valence-electron chi connectivity index (χ4n) is 1.84. The molecular formula is C11H12N4O4. The maximum Gasteiger partial charge on any atom is 0.287 e. The molecule has 0 aliphatic carbocycles. The van der Waals surface area contributed by atoms with Crippen LogP contribution in [0.3, 0.4) is 0 Å². The van der Waals surface area contributed by atoms with Gasteiger partial charge < -0.3 is 5.32 Å². The van der Waals surface area contributed by atoms with Crippen LogP contribution in [-0.4, -0.2) is 39.7 Å². The largest absolute Gasteiger partial charge is 0.358 e. The second kappa shape index (κ2) is 4.63. The van der Waals surface area contributed by atoms with Crippen molar-refractivity contribution in [3.05, 3.63) is 27.9 Å². The van der Waals surface area contributed by atoms with E-state index in [1.165, 1.54) is 13.1 Å². The molecule has 2 rings (SSSR count). The number of rotatable bonds is 3. The zero-order chi connectivity index (χ0) is 14.2. The van der Waals surface area contributed by atoms with Gasteiger partial charge in [-0.1, -0.05) is 0 Å². The van der Waals surface area contributed by atoms with Gasteiger partial charge in [0.25, 0.3) is 11.6 Å². The summed E-state index contributed by atoms with van der Waals surface area (Å²) in [5, 5.41) is 13.4. The van der Waals surface area contributed by atoms with Gasteiger partial charge in [0.2, 0.25) is 5.91 Å². The van der Waals surface area contributed by atoms with E-state index >= 15 is 0 Å². The smallest absolute Gasteiger partial charge is 0.287 e. The number of pyridine rings is 1. The number of carbonyl (C=O) groups is 2. The number of anilines is 1. The lowest BCUT2D eigenvalue weighted by Gasteiger charge is -2.13. The SMILES string of the molecule is Cc1cc([N+](=O)[O-])cnc1NC1CC(=O)N(C)C1=O. The standard InChI is InChI=1S/C11H12N4O4/c1-6-3-7(15(18)19)5-12-10(6)13-8-4-9(16)14(2)11(8)17/h3,5,8H,4H2,1-2H3,(H,12,13). The van der Waals surface area contributed by atoms with Gasteiger partial charge in [0.05, 0.1) is 11.3 Å². The van der Waals surface area contributed by atoms with Crippen molar-refractivity contribution < 1.29 is 14.5 Å². The summed E-state index contributed by atoms with van der Waals surface area (Å²) in [5.74, 6) is -0.223. The van der Waals surface area contributed by atoms with E-state index in [1.807, 2.05) is 0 Å². The van der Waals surface area contributed by atoms with Crippen molar-refractivity contribution in [2.24, 2.45) is 0 Å². The Hall–Kier alpha value is -2.51. The number of likely N-dealkylation sites (N-methyl/N-ethyl adjacent to an activating group) is 1. The Bertz CT molecular complexity index is 572. The number of likely N-dealkylation sites (tertiary alicyclic amines) is 1. The molecule has 19 heavy (non-hydrogen) atoms. The molecule has 1 fully saturated rings. The number of nitro groups is 1. The molecule has 8 heteroatoms. The van der Waals surface area contributed by atoms with Crippen LogP contribution in [0.1, 0.15) is 12.0 Å². The number of imide groups is 1. The highest BCUT2D eigenvalue weighted by Crippen LogP contribution is 2.21. The summed E-state index contributed by atoms with van der Waals surface area (Å²) in [4.78, 5) is 38.1. The van der Waals surface area contributed by atoms with Crippen LogP contribution in [0, 0.1) is 17.0 Å². The molecule has 8 nitrogen and oxygen atoms in total. The van der Waals surface area contributed by atoms with E-state index in [4.69, 9.17) is 0 Å². The number of aryl methyl sites for hydroxylation is 1. The van der Waals surface area contributed by atoms with Gasteiger partial charge in [-0.25, -0.2) is 4.98 Å². The molecule has 100 valence electrons. The molecular weight excluding hydrogens is 252 g/mol. The molecule has 1 aromatic heterocycles. The average molecular weight is 264 g/mol. The van der Waals surface area contributed by atoms with Gasteiger partial charge in [-0.2, -0.15) is 0 Å². The van der Waals surface area contributed by atoms with Crippen LogP contribution >= 0.6 is 0 Å². The quantitative estimate of drug-likeness (QED) is 0.483. The Kier molecular flexibility index (Phi) is 3.16. The molecule has 2 amide bonds. The van der Waals surface area contributed by atoms with Crippen LogP contribution in [-0.2, 0) is 9.59 Å². The first kappa shape index (κ1) is 12.9. The zero-order valence-electron chi connectivity index (χ0n) is 10.4. The topological polar surface area (TPSA) is 105 Å². The Balaban J connectivity index is 2.19. The van der Waals surface area contributed by atoms with Crippen molar-refractivity contribution in [3.8, 4) is 0 Å². The summed E-state index contributed by atoms with van der Waals surface area (Å²) in [6.45, 7) is 1.65. The van der Waals surface area contributed by atoms with Crippen molar-refractivity contribution >= 4 is 23.3 Å². The van der Waals surface area contributed by atoms with Crippen LogP contribution in [0.25, 0.3) is 0 Å². The van der Waals surface area contributed by atoms with Gasteiger partial charge in [0, 0.05) is 13.1 Å². The molecule has 0 bridgehead atoms. The Morgan fingerprint density at radius 2 is 2.21 bits per heavy atom. The number of nitrogens with one attached hydrogen (secondary N) is 1. The third-order valence-corrected chi connectivity index (χ3v) is 2.97. The van der Waals surface area contributed by atoms with Gasteiger partial charge in [0.1, 0.15) is 18.1 Å². The lowest BCUT2D eigenvalue weighted by Crippen LogP contribution is -2.32. The van der Waals surface area contributed by atoms with E-state index in [9.17, 15) is 19.7 Å². The maximum atomic E-state index is 11.7. The summed E-state index contributed by atoms with van der Waals surface area (Å²) in [7, 11) is 1.42. The molecule has 1 aliphatic heterocycles. The minimum Gasteiger partial charge on any atom is -0.358 e. The average Bonchev–Trinajstić information content (AvgIpc) is 2.59. The molecule has 0 radical (unpaired) electrons. The number of amides is 2. The minimum absolute atomic E-state index is 0.0629. The van der Waals surface area contributed by atoms with E-state index in [0.717, 1.165) is 11.1 Å². The van der Waals surface area contributed by atoms with Gasteiger partial charge in [-0.05, 0) is 12.5 Å². The molecule has 1 atom stereocenters. The summed E-state index contributed by atoms with van der Waals surface area (Å²) in [6.07, 6.45) is 1.17. The highest BCUT2D eigenvalue weighted by molar-refractivity contribution is 6.06. The molecule has 1 N–H and O–H groups in total. The number of hydrogen-bond acceptors (Lipinski definition) is 6. The van der Waals surface area contributed by atoms with Gasteiger partial charge in [-0.3, -0.25) is 24.6 Å². The van der Waals surface area contributed by atoms with Gasteiger partial charge in [-0.15, -0.1) is 0 Å². The summed E-state index contributed by atoms with van der Waals surface area (Å²) < 4.78 is 0. The van der Waals surface area contributed by atoms with Gasteiger partial charge >= 0.3 is 0 Å². The second-order valence-corrected chi connectivity index (χ2v) is 4.31. The predicted molar refractivity (Wildman–Crippen MR) is 65.4 cm³/mol. The van der Waals surface area contributed by atoms with E-state index in [-0.39, 0.29) is 23.9 Å². The van der Waals surface area contributed by atoms with Crippen molar-refractivity contribution in [2.75, 3.05) is 12.4 Å². The number of carbonyl (C=O) groups excluding carboxylic acids is 2. The molecule has 1 aliphatic rings. The summed E-state index contributed by atoms with van der Waals surface area (Å²) in [5.41, 5.74) is 0.429. The van der Waals surface area contributed by atoms with E-state index in [2.05, 4.69) is 10.3 Å². The van der Waals surface area contributed by atoms with E-state index in [0.29, 0.717) is 11.4 Å². The highest BCUT2D eigenvalue weighted by Gasteiger charge is 2.36. The predicted octanol–water partition coefficient (Wildman–Crippen LogP) is 0.467. The van der Waals surface area contributed by atoms with Crippen LogP contribution in [0.4, 0.5) is 11.5 Å². The molecule has 0 aromatic carbocycles. The van der Waals surface area contributed by atoms with Crippen molar-refractivity contribution in [1.82, 2.24) is 9.88 Å². The monoisotopic (exact) mass is 264 g/mol. The van der Waals surface area contributed by atoms with Crippen molar-refractivity contribution in [2.45, 2.75) is 19.4 Å². The lowest BCUT2D eigenvalue weighted by atomic mass is 10.2. The Morgan fingerprint density at radius 1 is 1.53 bits per heavy atom. The number of nitrogens with zero attached hydrogens (tertiary/aromatic N) is 3. The number of hydrogen-bond donors (Lipinski definition) is 1. The molecule has 1 saturated heterocycles. The van der Waals surface area contributed by atoms with Crippen LogP contribution in [0.2, 0.25) is 0 Å². The molecule has 0 saturated carbocycles. The molecule has 2 heterocycles. The first-order chi connectivity index (χ1) is 8.90. The van der Waals surface area contributed by atoms with Crippen LogP contribution in [0.15, 0.2) is 12.3 Å². The molecule has 1 aromatic rings. The highest BCUT2D eigenvalue weighted by atomic mass is 16.6. The number of aromatic nitrogens is 1. The molecule has 1 unspecified atom stereocenters. The van der Waals surface area contributed by atoms with Crippen molar-refractivity contribution in [3.63, 3.8) is 0 Å². The first-order valence-corrected chi connectivity index (χ1v) is 5.58. The zero-order valence-corrected chi connectivity index (χ0v) is 10.4. The maximum absolute atomic E-state index is 11.7. The fraction of sp³-hybridized carbons (Fsp3) is 0.364. The summed E-state index contributed by atoms with van der Waals surface area (Å²) >= 11 is 0. The minimum atomic E-state index is -0.662. The van der Waals surface area contributed by atoms with Crippen LogP contribution in [0.5, 0.6) is 0 Å². The summed E-state index contributed by atoms with van der Waals surface area (Å²) in [6, 6.07) is 0.700. The van der Waals surface area contributed by atoms with Crippen LogP contribution < -0.4 is 5.32 Å². The third-order valence-electron chi connectivity index (χ3n) is 2.97. The Morgan fingerprint density at radius 3 is 2.68 bits per heavy atom. The fourth-order valence-corrected chi connectivity index (χ4v) is 1.84. The van der Waals surface area contributed by atoms with E-state index < -0.39 is 11.0 Å². The molecule has 0 spiro atoms. The Labute approximate surface area is 108 Å². The second-order valence-electron chi connectivity index (χ2n) is 4.31. The van der Waals surface area contributed by atoms with Crippen molar-refractivity contribution in [1.29, 1.82) is 0 Å². The van der Waals surface area contributed by atoms with E-state index in [1.54, 1.807) is 6.92 Å². The first-order valence-electron chi connectivity index (χ1n) is 5.58. The third kappa shape index (κ3) is 2.37. The lowest BCUT2D eigenvalue weighted by molar-refractivity contribution is -0.385.